The number of hydrogen-bond donors (Lipinski definition) is 1. The number of hydrogen-bond acceptors (Lipinski definition) is 6. The minimum atomic E-state index is -4.59. The molecule has 0 aromatic heterocycles. The van der Waals surface area contributed by atoms with Gasteiger partial charge in [0.1, 0.15) is 0 Å². The Morgan fingerprint density at radius 3 is 1.00 bits per heavy atom. The number of ether oxygens (including phenoxy) is 2. The van der Waals surface area contributed by atoms with E-state index in [0.717, 1.165) is 37.8 Å². The van der Waals surface area contributed by atoms with E-state index in [1.807, 2.05) is 12.2 Å². The zero-order chi connectivity index (χ0) is 45.0. The Hall–Kier alpha value is -2.45. The van der Waals surface area contributed by atoms with Crippen LogP contribution < -0.4 is 0 Å². The van der Waals surface area contributed by atoms with Gasteiger partial charge in [0.15, 0.2) is 0 Å². The fourth-order valence-electron chi connectivity index (χ4n) is 8.07. The lowest BCUT2D eigenvalue weighted by Gasteiger charge is -2.10. The van der Waals surface area contributed by atoms with E-state index in [2.05, 4.69) is 26.0 Å². The normalized spacial score (nSPS) is 11.9. The summed E-state index contributed by atoms with van der Waals surface area (Å²) in [5.41, 5.74) is -0.337. The van der Waals surface area contributed by atoms with Crippen molar-refractivity contribution in [2.24, 2.45) is 0 Å². The molecule has 0 saturated carbocycles. The Labute approximate surface area is 382 Å². The number of unbranched alkanes of at least 4 members (excludes halogenated alkanes) is 34. The van der Waals surface area contributed by atoms with Crippen molar-refractivity contribution < 1.29 is 32.0 Å². The lowest BCUT2D eigenvalue weighted by Crippen LogP contribution is -2.16. The molecule has 0 aliphatic rings. The quantitative estimate of drug-likeness (QED) is 0.0301. The molecule has 0 aliphatic heterocycles. The van der Waals surface area contributed by atoms with E-state index in [-0.39, 0.29) is 24.3 Å². The van der Waals surface area contributed by atoms with Gasteiger partial charge in [-0.2, -0.15) is 8.42 Å². The molecule has 7 nitrogen and oxygen atoms in total. The molecule has 0 radical (unpaired) electrons. The van der Waals surface area contributed by atoms with Gasteiger partial charge >= 0.3 is 11.9 Å². The molecule has 62 heavy (non-hydrogen) atoms. The van der Waals surface area contributed by atoms with Crippen LogP contribution in [0.5, 0.6) is 0 Å². The van der Waals surface area contributed by atoms with Crippen LogP contribution in [0.25, 0.3) is 0 Å². The summed E-state index contributed by atoms with van der Waals surface area (Å²) in [6.07, 6.45) is 57.3. The molecule has 358 valence electrons. The monoisotopic (exact) mass is 887 g/mol. The van der Waals surface area contributed by atoms with Crippen LogP contribution in [0.3, 0.4) is 0 Å². The molecule has 0 spiro atoms. The van der Waals surface area contributed by atoms with Crippen molar-refractivity contribution in [1.29, 1.82) is 0 Å². The molecule has 0 fully saturated rings. The number of rotatable bonds is 45. The van der Waals surface area contributed by atoms with Crippen LogP contribution in [0.15, 0.2) is 47.4 Å². The van der Waals surface area contributed by atoms with Gasteiger partial charge in [-0.3, -0.25) is 4.55 Å². The summed E-state index contributed by atoms with van der Waals surface area (Å²) >= 11 is 0. The van der Waals surface area contributed by atoms with Crippen molar-refractivity contribution >= 4 is 22.1 Å². The van der Waals surface area contributed by atoms with Crippen molar-refractivity contribution in [2.75, 3.05) is 13.2 Å². The molecule has 1 N–H and O–H groups in total. The molecule has 0 atom stereocenters. The fraction of sp³-hybridized carbons (Fsp3) is 0.778. The van der Waals surface area contributed by atoms with Gasteiger partial charge in [-0.1, -0.05) is 244 Å². The summed E-state index contributed by atoms with van der Waals surface area (Å²) in [5.74, 6) is -1.58. The number of carbonyl (C=O) groups is 2. The number of allylic oxidation sites excluding steroid dienone is 2. The van der Waals surface area contributed by atoms with Crippen LogP contribution >= 0.6 is 0 Å². The molecule has 0 bridgehead atoms. The van der Waals surface area contributed by atoms with E-state index in [9.17, 15) is 22.6 Å². The van der Waals surface area contributed by atoms with Gasteiger partial charge in [0.25, 0.3) is 10.1 Å². The van der Waals surface area contributed by atoms with Gasteiger partial charge < -0.3 is 9.47 Å². The van der Waals surface area contributed by atoms with Gasteiger partial charge in [-0.15, -0.1) is 0 Å². The first-order valence-corrected chi connectivity index (χ1v) is 27.5. The first-order valence-electron chi connectivity index (χ1n) is 26.1. The maximum absolute atomic E-state index is 13.0. The highest BCUT2D eigenvalue weighted by Gasteiger charge is 2.23. The standard InChI is InChI=1S/C54H94O7S/c1-3-5-7-9-11-13-15-17-19-21-23-25-27-29-31-33-35-37-39-41-43-47-60-53(55)51-46-45-50(62(57,58)59)49-52(51)54(56)61-48-44-42-40-38-36-34-32-30-28-26-24-22-20-18-16-14-12-10-8-6-4-2/h39-42,45-46,49H,3-38,43-44,47-48H2,1-2H3,(H,57,58,59)/b41-39+,42-40+. The average Bonchev–Trinajstić information content (AvgIpc) is 3.26. The van der Waals surface area contributed by atoms with E-state index >= 15 is 0 Å². The molecular weight excluding hydrogens is 793 g/mol. The van der Waals surface area contributed by atoms with Gasteiger partial charge in [0, 0.05) is 0 Å². The summed E-state index contributed by atoms with van der Waals surface area (Å²) in [4.78, 5) is 25.4. The topological polar surface area (TPSA) is 107 Å². The van der Waals surface area contributed by atoms with E-state index in [4.69, 9.17) is 9.47 Å². The van der Waals surface area contributed by atoms with Gasteiger partial charge in [0.05, 0.1) is 29.2 Å². The van der Waals surface area contributed by atoms with E-state index in [0.29, 0.717) is 12.8 Å². The largest absolute Gasteiger partial charge is 0.462 e. The minimum Gasteiger partial charge on any atom is -0.462 e. The summed E-state index contributed by atoms with van der Waals surface area (Å²) < 4.78 is 44.0. The van der Waals surface area contributed by atoms with Crippen LogP contribution in [0.2, 0.25) is 0 Å². The fourth-order valence-corrected chi connectivity index (χ4v) is 8.58. The third-order valence-corrected chi connectivity index (χ3v) is 12.9. The highest BCUT2D eigenvalue weighted by atomic mass is 32.2. The predicted octanol–water partition coefficient (Wildman–Crippen LogP) is 17.2. The van der Waals surface area contributed by atoms with E-state index < -0.39 is 27.0 Å². The molecular formula is C54H94O7S. The summed E-state index contributed by atoms with van der Waals surface area (Å²) in [7, 11) is -4.59. The maximum atomic E-state index is 13.0. The van der Waals surface area contributed by atoms with Gasteiger partial charge in [-0.05, 0) is 56.7 Å². The molecule has 0 saturated heterocycles. The van der Waals surface area contributed by atoms with Crippen LogP contribution in [-0.2, 0) is 19.6 Å². The molecule has 1 rings (SSSR count). The van der Waals surface area contributed by atoms with Crippen LogP contribution in [0.1, 0.15) is 279 Å². The average molecular weight is 887 g/mol. The van der Waals surface area contributed by atoms with Crippen molar-refractivity contribution in [3.8, 4) is 0 Å². The smallest absolute Gasteiger partial charge is 0.339 e. The second-order valence-corrected chi connectivity index (χ2v) is 19.3. The van der Waals surface area contributed by atoms with E-state index in [1.165, 1.54) is 212 Å². The summed E-state index contributed by atoms with van der Waals surface area (Å²) in [5, 5.41) is 0. The summed E-state index contributed by atoms with van der Waals surface area (Å²) in [6.45, 7) is 4.77. The Morgan fingerprint density at radius 2 is 0.694 bits per heavy atom. The second kappa shape index (κ2) is 42.5. The van der Waals surface area contributed by atoms with Crippen LogP contribution in [-0.4, -0.2) is 38.1 Å². The molecule has 0 aliphatic carbocycles. The van der Waals surface area contributed by atoms with Crippen LogP contribution in [0.4, 0.5) is 0 Å². The van der Waals surface area contributed by atoms with Crippen molar-refractivity contribution in [1.82, 2.24) is 0 Å². The number of benzene rings is 1. The minimum absolute atomic E-state index is 0.0865. The van der Waals surface area contributed by atoms with Crippen molar-refractivity contribution in [3.63, 3.8) is 0 Å². The Balaban J connectivity index is 2.16. The molecule has 0 heterocycles. The molecule has 1 aromatic rings. The lowest BCUT2D eigenvalue weighted by molar-refractivity contribution is 0.0464. The predicted molar refractivity (Wildman–Crippen MR) is 262 cm³/mol. The zero-order valence-corrected chi connectivity index (χ0v) is 40.9. The van der Waals surface area contributed by atoms with Gasteiger partial charge in [0.2, 0.25) is 0 Å². The van der Waals surface area contributed by atoms with E-state index in [1.54, 1.807) is 0 Å². The zero-order valence-electron chi connectivity index (χ0n) is 40.1. The highest BCUT2D eigenvalue weighted by Crippen LogP contribution is 2.20. The Kier molecular flexibility index (Phi) is 39.5. The van der Waals surface area contributed by atoms with Crippen molar-refractivity contribution in [3.05, 3.63) is 53.6 Å². The SMILES string of the molecule is CCCCCCCCCCCCCCCCCCC/C=C/CCOC(=O)c1ccc(S(=O)(=O)O)cc1C(=O)OCC/C=C/CCCCCCCCCCCCCCCCCCC. The van der Waals surface area contributed by atoms with Gasteiger partial charge in [-0.25, -0.2) is 9.59 Å². The third kappa shape index (κ3) is 35.0. The number of carbonyl (C=O) groups excluding carboxylic acids is 2. The van der Waals surface area contributed by atoms with Crippen molar-refractivity contribution in [2.45, 2.75) is 263 Å². The Bertz CT molecular complexity index is 1370. The second-order valence-electron chi connectivity index (χ2n) is 17.9. The lowest BCUT2D eigenvalue weighted by atomic mass is 10.0. The highest BCUT2D eigenvalue weighted by molar-refractivity contribution is 7.85. The molecule has 1 aromatic carbocycles. The van der Waals surface area contributed by atoms with Crippen LogP contribution in [0, 0.1) is 0 Å². The first kappa shape index (κ1) is 57.6. The molecule has 0 amide bonds. The Morgan fingerprint density at radius 1 is 0.419 bits per heavy atom. The summed E-state index contributed by atoms with van der Waals surface area (Å²) in [6, 6.07) is 3.25. The number of esters is 2. The maximum Gasteiger partial charge on any atom is 0.339 e. The molecule has 8 heteroatoms. The first-order chi connectivity index (χ1) is 30.3. The molecule has 0 unspecified atom stereocenters. The third-order valence-electron chi connectivity index (χ3n) is 12.0.